The van der Waals surface area contributed by atoms with E-state index in [1.54, 1.807) is 19.1 Å². The van der Waals surface area contributed by atoms with E-state index in [9.17, 15) is 4.79 Å². The van der Waals surface area contributed by atoms with E-state index in [1.165, 1.54) is 0 Å². The average molecular weight is 263 g/mol. The molecule has 5 nitrogen and oxygen atoms in total. The van der Waals surface area contributed by atoms with Crippen molar-refractivity contribution >= 4 is 5.91 Å². The van der Waals surface area contributed by atoms with Crippen LogP contribution in [-0.2, 0) is 14.3 Å². The molecule has 0 radical (unpaired) electrons. The summed E-state index contributed by atoms with van der Waals surface area (Å²) in [5, 5.41) is 0. The summed E-state index contributed by atoms with van der Waals surface area (Å²) in [5.41, 5.74) is 0.966. The third-order valence-electron chi connectivity index (χ3n) is 3.79. The van der Waals surface area contributed by atoms with E-state index in [0.29, 0.717) is 13.0 Å². The molecule has 3 unspecified atom stereocenters. The second-order valence-electron chi connectivity index (χ2n) is 4.82. The molecule has 1 aromatic carbocycles. The highest BCUT2D eigenvalue weighted by molar-refractivity contribution is 5.84. The van der Waals surface area contributed by atoms with Crippen molar-refractivity contribution in [2.45, 2.75) is 24.8 Å². The van der Waals surface area contributed by atoms with Crippen molar-refractivity contribution in [2.75, 3.05) is 20.8 Å². The van der Waals surface area contributed by atoms with Crippen LogP contribution >= 0.6 is 0 Å². The zero-order valence-electron chi connectivity index (χ0n) is 11.0. The lowest BCUT2D eigenvalue weighted by molar-refractivity contribution is -0.142. The quantitative estimate of drug-likeness (QED) is 0.825. The number of benzene rings is 1. The van der Waals surface area contributed by atoms with Crippen LogP contribution in [-0.4, -0.2) is 43.8 Å². The van der Waals surface area contributed by atoms with Gasteiger partial charge < -0.3 is 19.1 Å². The molecule has 2 aliphatic heterocycles. The summed E-state index contributed by atoms with van der Waals surface area (Å²) in [5.74, 6) is 0.812. The molecule has 102 valence electrons. The molecule has 5 heteroatoms. The summed E-state index contributed by atoms with van der Waals surface area (Å²) in [7, 11) is 3.21. The Kier molecular flexibility index (Phi) is 3.16. The summed E-state index contributed by atoms with van der Waals surface area (Å²) in [6.45, 7) is 0.572. The number of carbonyl (C=O) groups is 1. The fraction of sp³-hybridized carbons (Fsp3) is 0.500. The fourth-order valence-electron chi connectivity index (χ4n) is 2.77. The van der Waals surface area contributed by atoms with Gasteiger partial charge in [-0.3, -0.25) is 4.79 Å². The van der Waals surface area contributed by atoms with Crippen LogP contribution in [0.5, 0.6) is 5.75 Å². The minimum absolute atomic E-state index is 0.0193. The first-order valence-electron chi connectivity index (χ1n) is 6.35. The molecule has 0 saturated carbocycles. The van der Waals surface area contributed by atoms with Gasteiger partial charge in [0.15, 0.2) is 6.23 Å². The smallest absolute Gasteiger partial charge is 0.254 e. The number of methoxy groups -OCH3 is 2. The van der Waals surface area contributed by atoms with Gasteiger partial charge in [-0.25, -0.2) is 0 Å². The van der Waals surface area contributed by atoms with Gasteiger partial charge >= 0.3 is 0 Å². The van der Waals surface area contributed by atoms with Crippen LogP contribution in [0, 0.1) is 0 Å². The van der Waals surface area contributed by atoms with Gasteiger partial charge in [0, 0.05) is 19.1 Å². The Hall–Kier alpha value is -1.59. The molecule has 1 aromatic rings. The highest BCUT2D eigenvalue weighted by atomic mass is 16.5. The number of hydrogen-bond donors (Lipinski definition) is 0. The Bertz CT molecular complexity index is 473. The van der Waals surface area contributed by atoms with Crippen LogP contribution in [0.25, 0.3) is 0 Å². The van der Waals surface area contributed by atoms with Crippen molar-refractivity contribution in [3.05, 3.63) is 29.8 Å². The number of rotatable bonds is 3. The highest BCUT2D eigenvalue weighted by Crippen LogP contribution is 2.38. The minimum atomic E-state index is -0.324. The third kappa shape index (κ3) is 1.99. The molecule has 2 fully saturated rings. The molecule has 19 heavy (non-hydrogen) atoms. The van der Waals surface area contributed by atoms with Gasteiger partial charge in [-0.2, -0.15) is 0 Å². The van der Waals surface area contributed by atoms with Gasteiger partial charge in [-0.05, 0) is 12.1 Å². The molecule has 3 atom stereocenters. The lowest BCUT2D eigenvalue weighted by atomic mass is 10.2. The zero-order chi connectivity index (χ0) is 13.4. The lowest BCUT2D eigenvalue weighted by Gasteiger charge is -2.23. The lowest BCUT2D eigenvalue weighted by Crippen LogP contribution is -2.33. The van der Waals surface area contributed by atoms with Gasteiger partial charge in [-0.15, -0.1) is 0 Å². The summed E-state index contributed by atoms with van der Waals surface area (Å²) in [6.07, 6.45) is 0.0836. The topological polar surface area (TPSA) is 48.0 Å². The molecule has 0 spiro atoms. The van der Waals surface area contributed by atoms with E-state index in [1.807, 2.05) is 24.3 Å². The number of carbonyl (C=O) groups excluding carboxylic acids is 1. The van der Waals surface area contributed by atoms with E-state index >= 15 is 0 Å². The monoisotopic (exact) mass is 263 g/mol. The maximum Gasteiger partial charge on any atom is 0.254 e. The first-order valence-corrected chi connectivity index (χ1v) is 6.35. The Morgan fingerprint density at radius 3 is 2.63 bits per heavy atom. The van der Waals surface area contributed by atoms with Gasteiger partial charge in [0.05, 0.1) is 19.8 Å². The summed E-state index contributed by atoms with van der Waals surface area (Å²) in [4.78, 5) is 14.0. The van der Waals surface area contributed by atoms with Crippen molar-refractivity contribution in [1.82, 2.24) is 4.90 Å². The molecular formula is C14H17NO4. The maximum absolute atomic E-state index is 12.2. The van der Waals surface area contributed by atoms with Gasteiger partial charge in [0.2, 0.25) is 0 Å². The predicted octanol–water partition coefficient (Wildman–Crippen LogP) is 1.34. The van der Waals surface area contributed by atoms with Crippen molar-refractivity contribution in [3.8, 4) is 5.75 Å². The third-order valence-corrected chi connectivity index (χ3v) is 3.79. The number of fused-ring (bicyclic) bond motifs is 1. The summed E-state index contributed by atoms with van der Waals surface area (Å²) >= 11 is 0. The van der Waals surface area contributed by atoms with Crippen LogP contribution in [0.2, 0.25) is 0 Å². The fourth-order valence-corrected chi connectivity index (χ4v) is 2.77. The average Bonchev–Trinajstić information content (AvgIpc) is 2.99. The van der Waals surface area contributed by atoms with Crippen LogP contribution < -0.4 is 4.74 Å². The Labute approximate surface area is 112 Å². The predicted molar refractivity (Wildman–Crippen MR) is 67.7 cm³/mol. The molecule has 0 N–H and O–H groups in total. The first kappa shape index (κ1) is 12.4. The minimum Gasteiger partial charge on any atom is -0.497 e. The van der Waals surface area contributed by atoms with Crippen LogP contribution in [0.4, 0.5) is 0 Å². The molecule has 3 rings (SSSR count). The first-order chi connectivity index (χ1) is 9.24. The number of hydrogen-bond acceptors (Lipinski definition) is 4. The van der Waals surface area contributed by atoms with Crippen molar-refractivity contribution in [1.29, 1.82) is 0 Å². The molecule has 0 bridgehead atoms. The number of amides is 1. The summed E-state index contributed by atoms with van der Waals surface area (Å²) < 4.78 is 16.1. The second kappa shape index (κ2) is 4.83. The molecule has 0 aromatic heterocycles. The van der Waals surface area contributed by atoms with E-state index in [2.05, 4.69) is 0 Å². The van der Waals surface area contributed by atoms with Crippen molar-refractivity contribution in [3.63, 3.8) is 0 Å². The molecule has 1 amide bonds. The maximum atomic E-state index is 12.2. The van der Waals surface area contributed by atoms with E-state index < -0.39 is 0 Å². The molecule has 0 aliphatic carbocycles. The van der Waals surface area contributed by atoms with Crippen molar-refractivity contribution < 1.29 is 19.0 Å². The zero-order valence-corrected chi connectivity index (χ0v) is 11.0. The Morgan fingerprint density at radius 1 is 1.26 bits per heavy atom. The van der Waals surface area contributed by atoms with Crippen molar-refractivity contribution in [2.24, 2.45) is 0 Å². The molecule has 2 heterocycles. The van der Waals surface area contributed by atoms with Gasteiger partial charge in [0.25, 0.3) is 5.91 Å². The number of nitrogens with zero attached hydrogens (tertiary/aromatic N) is 1. The van der Waals surface area contributed by atoms with Gasteiger partial charge in [-0.1, -0.05) is 12.1 Å². The molecule has 2 saturated heterocycles. The normalized spacial score (nSPS) is 29.7. The molecular weight excluding hydrogens is 246 g/mol. The van der Waals surface area contributed by atoms with E-state index in [0.717, 1.165) is 11.3 Å². The second-order valence-corrected chi connectivity index (χ2v) is 4.82. The van der Waals surface area contributed by atoms with Crippen LogP contribution in [0.15, 0.2) is 24.3 Å². The van der Waals surface area contributed by atoms with E-state index in [-0.39, 0.29) is 24.3 Å². The SMILES string of the molecule is COc1ccc(C2OCC3CC(OC)C(=O)N32)cc1. The molecule has 2 aliphatic rings. The van der Waals surface area contributed by atoms with E-state index in [4.69, 9.17) is 14.2 Å². The standard InChI is InChI=1S/C14H17NO4/c1-17-11-5-3-9(4-6-11)14-15-10(8-19-14)7-12(18-2)13(15)16/h3-6,10,12,14H,7-8H2,1-2H3. The Balaban J connectivity index is 1.83. The largest absolute Gasteiger partial charge is 0.497 e. The van der Waals surface area contributed by atoms with Crippen LogP contribution in [0.1, 0.15) is 18.2 Å². The van der Waals surface area contributed by atoms with Gasteiger partial charge in [0.1, 0.15) is 11.9 Å². The van der Waals surface area contributed by atoms with Crippen LogP contribution in [0.3, 0.4) is 0 Å². The summed E-state index contributed by atoms with van der Waals surface area (Å²) in [6, 6.07) is 7.74. The Morgan fingerprint density at radius 2 is 2.00 bits per heavy atom. The number of ether oxygens (including phenoxy) is 3. The highest BCUT2D eigenvalue weighted by Gasteiger charge is 2.48.